The third-order valence-electron chi connectivity index (χ3n) is 3.83. The van der Waals surface area contributed by atoms with Crippen LogP contribution in [0.2, 0.25) is 0 Å². The lowest BCUT2D eigenvalue weighted by molar-refractivity contribution is 0.0956. The molecule has 0 fully saturated rings. The van der Waals surface area contributed by atoms with E-state index in [9.17, 15) is 14.7 Å². The molecule has 0 atom stereocenters. The van der Waals surface area contributed by atoms with Crippen LogP contribution in [0.3, 0.4) is 0 Å². The topological polar surface area (TPSA) is 113 Å². The van der Waals surface area contributed by atoms with E-state index in [-0.39, 0.29) is 17.1 Å². The summed E-state index contributed by atoms with van der Waals surface area (Å²) in [6.07, 6.45) is 2.81. The molecule has 0 spiro atoms. The second-order valence-electron chi connectivity index (χ2n) is 5.84. The van der Waals surface area contributed by atoms with Crippen molar-refractivity contribution in [1.82, 2.24) is 5.43 Å². The van der Waals surface area contributed by atoms with Gasteiger partial charge in [0.1, 0.15) is 0 Å². The molecule has 0 saturated heterocycles. The monoisotopic (exact) mass is 393 g/mol. The summed E-state index contributed by atoms with van der Waals surface area (Å²) in [6.45, 7) is 2.22. The number of benzene rings is 2. The first-order valence-corrected chi connectivity index (χ1v) is 8.81. The van der Waals surface area contributed by atoms with E-state index in [1.165, 1.54) is 24.6 Å². The van der Waals surface area contributed by atoms with E-state index in [0.29, 0.717) is 23.6 Å². The number of hydrogen-bond acceptors (Lipinski definition) is 6. The zero-order valence-corrected chi connectivity index (χ0v) is 15.6. The molecule has 1 aromatic heterocycles. The van der Waals surface area contributed by atoms with Crippen LogP contribution < -0.4 is 15.5 Å². The van der Waals surface area contributed by atoms with Gasteiger partial charge in [0.2, 0.25) is 0 Å². The molecule has 1 heterocycles. The van der Waals surface area contributed by atoms with Crippen molar-refractivity contribution in [3.63, 3.8) is 0 Å². The molecule has 0 unspecified atom stereocenters. The van der Waals surface area contributed by atoms with Crippen molar-refractivity contribution in [1.29, 1.82) is 0 Å². The number of para-hydroxylation sites is 1. The number of carbonyl (C=O) groups is 2. The molecule has 3 rings (SSSR count). The van der Waals surface area contributed by atoms with Crippen molar-refractivity contribution in [2.45, 2.75) is 6.92 Å². The molecule has 3 N–H and O–H groups in total. The number of carbonyl (C=O) groups excluding carboxylic acids is 2. The van der Waals surface area contributed by atoms with Gasteiger partial charge in [0.15, 0.2) is 17.3 Å². The molecule has 8 heteroatoms. The molecule has 0 radical (unpaired) electrons. The summed E-state index contributed by atoms with van der Waals surface area (Å²) in [5, 5.41) is 16.3. The van der Waals surface area contributed by atoms with Crippen LogP contribution in [-0.4, -0.2) is 29.7 Å². The Morgan fingerprint density at radius 2 is 1.97 bits per heavy atom. The zero-order chi connectivity index (χ0) is 20.6. The van der Waals surface area contributed by atoms with Gasteiger partial charge in [0, 0.05) is 0 Å². The van der Waals surface area contributed by atoms with E-state index in [1.807, 2.05) is 6.92 Å². The summed E-state index contributed by atoms with van der Waals surface area (Å²) in [5.74, 6) is -0.481. The minimum absolute atomic E-state index is 0.0225. The number of nitrogens with one attached hydrogen (secondary N) is 2. The van der Waals surface area contributed by atoms with E-state index >= 15 is 0 Å². The summed E-state index contributed by atoms with van der Waals surface area (Å²) in [4.78, 5) is 24.6. The number of hydrazone groups is 1. The average Bonchev–Trinajstić information content (AvgIpc) is 3.26. The van der Waals surface area contributed by atoms with Gasteiger partial charge in [0.05, 0.1) is 30.3 Å². The molecule has 2 aromatic carbocycles. The molecule has 0 aliphatic heterocycles. The van der Waals surface area contributed by atoms with E-state index in [1.54, 1.807) is 42.5 Å². The quantitative estimate of drug-likeness (QED) is 0.421. The normalized spacial score (nSPS) is 10.7. The van der Waals surface area contributed by atoms with E-state index < -0.39 is 11.8 Å². The number of amides is 2. The summed E-state index contributed by atoms with van der Waals surface area (Å²) in [6, 6.07) is 14.4. The Labute approximate surface area is 166 Å². The molecule has 3 aromatic rings. The third-order valence-corrected chi connectivity index (χ3v) is 3.83. The summed E-state index contributed by atoms with van der Waals surface area (Å²) < 4.78 is 10.4. The predicted octanol–water partition coefficient (Wildman–Crippen LogP) is 3.40. The lowest BCUT2D eigenvalue weighted by Crippen LogP contribution is -2.21. The number of nitrogens with zero attached hydrogens (tertiary/aromatic N) is 1. The van der Waals surface area contributed by atoms with E-state index in [0.717, 1.165) is 0 Å². The minimum atomic E-state index is -0.500. The van der Waals surface area contributed by atoms with Crippen molar-refractivity contribution in [3.8, 4) is 11.5 Å². The number of hydrogen-bond donors (Lipinski definition) is 3. The molecule has 0 bridgehead atoms. The van der Waals surface area contributed by atoms with Crippen molar-refractivity contribution >= 4 is 23.7 Å². The van der Waals surface area contributed by atoms with Crippen molar-refractivity contribution in [3.05, 3.63) is 77.7 Å². The van der Waals surface area contributed by atoms with E-state index in [4.69, 9.17) is 9.15 Å². The molecule has 0 aliphatic rings. The van der Waals surface area contributed by atoms with Crippen LogP contribution in [0.1, 0.15) is 33.4 Å². The maximum Gasteiger partial charge on any atom is 0.291 e. The zero-order valence-electron chi connectivity index (χ0n) is 15.6. The average molecular weight is 393 g/mol. The van der Waals surface area contributed by atoms with Crippen LogP contribution in [0, 0.1) is 0 Å². The van der Waals surface area contributed by atoms with Gasteiger partial charge in [-0.15, -0.1) is 0 Å². The smallest absolute Gasteiger partial charge is 0.291 e. The minimum Gasteiger partial charge on any atom is -0.504 e. The van der Waals surface area contributed by atoms with Gasteiger partial charge >= 0.3 is 0 Å². The number of furan rings is 1. The SMILES string of the molecule is CCOc1cc(C=NNC(=O)c2ccccc2NC(=O)c2ccco2)ccc1O. The first-order chi connectivity index (χ1) is 14.1. The molecule has 0 aliphatic carbocycles. The molecular formula is C21H19N3O5. The number of phenolic OH excluding ortho intramolecular Hbond substituents is 1. The standard InChI is InChI=1S/C21H19N3O5/c1-2-28-19-12-14(9-10-17(19)25)13-22-24-20(26)15-6-3-4-7-16(15)23-21(27)18-8-5-11-29-18/h3-13,25H,2H2,1H3,(H,23,27)(H,24,26). The lowest BCUT2D eigenvalue weighted by atomic mass is 10.1. The highest BCUT2D eigenvalue weighted by molar-refractivity contribution is 6.07. The van der Waals surface area contributed by atoms with Gasteiger partial charge in [-0.1, -0.05) is 12.1 Å². The summed E-state index contributed by atoms with van der Waals surface area (Å²) >= 11 is 0. The predicted molar refractivity (Wildman–Crippen MR) is 107 cm³/mol. The highest BCUT2D eigenvalue weighted by Gasteiger charge is 2.15. The number of phenols is 1. The van der Waals surface area contributed by atoms with Gasteiger partial charge in [-0.2, -0.15) is 5.10 Å². The van der Waals surface area contributed by atoms with Crippen LogP contribution in [-0.2, 0) is 0 Å². The fourth-order valence-electron chi connectivity index (χ4n) is 2.49. The molecule has 8 nitrogen and oxygen atoms in total. The Kier molecular flexibility index (Phi) is 6.26. The maximum atomic E-state index is 12.5. The van der Waals surface area contributed by atoms with Gasteiger partial charge in [-0.05, 0) is 55.0 Å². The Balaban J connectivity index is 1.69. The number of ether oxygens (including phenoxy) is 1. The van der Waals surface area contributed by atoms with Crippen LogP contribution >= 0.6 is 0 Å². The number of aromatic hydroxyl groups is 1. The molecular weight excluding hydrogens is 374 g/mol. The molecule has 2 amide bonds. The first-order valence-electron chi connectivity index (χ1n) is 8.81. The highest BCUT2D eigenvalue weighted by atomic mass is 16.5. The Morgan fingerprint density at radius 3 is 2.72 bits per heavy atom. The van der Waals surface area contributed by atoms with Crippen molar-refractivity contribution in [2.75, 3.05) is 11.9 Å². The largest absolute Gasteiger partial charge is 0.504 e. The molecule has 29 heavy (non-hydrogen) atoms. The summed E-state index contributed by atoms with van der Waals surface area (Å²) in [5.41, 5.74) is 3.61. The van der Waals surface area contributed by atoms with Crippen LogP contribution in [0.5, 0.6) is 11.5 Å². The fourth-order valence-corrected chi connectivity index (χ4v) is 2.49. The Bertz CT molecular complexity index is 1030. The van der Waals surface area contributed by atoms with Gasteiger partial charge in [-0.3, -0.25) is 9.59 Å². The maximum absolute atomic E-state index is 12.5. The second-order valence-corrected chi connectivity index (χ2v) is 5.84. The lowest BCUT2D eigenvalue weighted by Gasteiger charge is -2.09. The van der Waals surface area contributed by atoms with Crippen molar-refractivity contribution < 1.29 is 23.8 Å². The summed E-state index contributed by atoms with van der Waals surface area (Å²) in [7, 11) is 0. The van der Waals surface area contributed by atoms with Crippen LogP contribution in [0.4, 0.5) is 5.69 Å². The van der Waals surface area contributed by atoms with Crippen LogP contribution in [0.15, 0.2) is 70.4 Å². The number of anilines is 1. The van der Waals surface area contributed by atoms with Gasteiger partial charge in [-0.25, -0.2) is 5.43 Å². The second kappa shape index (κ2) is 9.23. The fraction of sp³-hybridized carbons (Fsp3) is 0.0952. The molecule has 148 valence electrons. The van der Waals surface area contributed by atoms with E-state index in [2.05, 4.69) is 15.8 Å². The van der Waals surface area contributed by atoms with Gasteiger partial charge in [0.25, 0.3) is 11.8 Å². The molecule has 0 saturated carbocycles. The Morgan fingerprint density at radius 1 is 1.14 bits per heavy atom. The number of rotatable bonds is 7. The third kappa shape index (κ3) is 5.01. The highest BCUT2D eigenvalue weighted by Crippen LogP contribution is 2.26. The first kappa shape index (κ1) is 19.7. The van der Waals surface area contributed by atoms with Crippen LogP contribution in [0.25, 0.3) is 0 Å². The van der Waals surface area contributed by atoms with Crippen molar-refractivity contribution in [2.24, 2.45) is 5.10 Å². The Hall–Kier alpha value is -4.07. The van der Waals surface area contributed by atoms with Gasteiger partial charge < -0.3 is 19.6 Å².